The van der Waals surface area contributed by atoms with E-state index in [9.17, 15) is 14.0 Å². The number of carbonyl (C=O) groups excluding carboxylic acids is 1. The Morgan fingerprint density at radius 1 is 0.935 bits per heavy atom. The van der Waals surface area contributed by atoms with Crippen LogP contribution in [0.4, 0.5) is 9.18 Å². The van der Waals surface area contributed by atoms with Gasteiger partial charge in [0.25, 0.3) is 5.91 Å². The molecule has 31 heavy (non-hydrogen) atoms. The zero-order valence-electron chi connectivity index (χ0n) is 17.2. The molecule has 0 saturated carbocycles. The second-order valence-electron chi connectivity index (χ2n) is 6.92. The summed E-state index contributed by atoms with van der Waals surface area (Å²) in [5, 5.41) is 13.9. The van der Waals surface area contributed by atoms with E-state index in [-0.39, 0.29) is 18.8 Å². The molecule has 3 aromatic heterocycles. The number of aryl methyl sites for hydroxylation is 3. The SMILES string of the molecule is Cc1cc(C)nc(CNC(=O)c2cc(CNC(=O)O)cc(-c3ccc(F)nc3C)n2)n1. The number of carboxylic acid groups (broad SMARTS) is 1. The van der Waals surface area contributed by atoms with Gasteiger partial charge < -0.3 is 15.7 Å². The minimum atomic E-state index is -1.20. The number of nitrogens with zero attached hydrogens (tertiary/aromatic N) is 4. The highest BCUT2D eigenvalue weighted by Crippen LogP contribution is 2.22. The summed E-state index contributed by atoms with van der Waals surface area (Å²) in [7, 11) is 0. The predicted molar refractivity (Wildman–Crippen MR) is 110 cm³/mol. The molecule has 0 spiro atoms. The Kier molecular flexibility index (Phi) is 6.49. The number of carbonyl (C=O) groups is 2. The van der Waals surface area contributed by atoms with Gasteiger partial charge in [-0.05, 0) is 56.7 Å². The minimum absolute atomic E-state index is 0.0288. The van der Waals surface area contributed by atoms with Crippen molar-refractivity contribution >= 4 is 12.0 Å². The molecule has 0 unspecified atom stereocenters. The first-order chi connectivity index (χ1) is 14.7. The highest BCUT2D eigenvalue weighted by Gasteiger charge is 2.15. The van der Waals surface area contributed by atoms with Gasteiger partial charge in [0.15, 0.2) is 0 Å². The zero-order valence-corrected chi connectivity index (χ0v) is 17.2. The molecule has 3 N–H and O–H groups in total. The van der Waals surface area contributed by atoms with E-state index >= 15 is 0 Å². The molecule has 0 fully saturated rings. The molecule has 0 aliphatic heterocycles. The fraction of sp³-hybridized carbons (Fsp3) is 0.238. The maximum atomic E-state index is 13.4. The number of hydrogen-bond acceptors (Lipinski definition) is 6. The molecule has 0 atom stereocenters. The van der Waals surface area contributed by atoms with Gasteiger partial charge in [-0.25, -0.2) is 24.7 Å². The molecule has 0 aromatic carbocycles. The third kappa shape index (κ3) is 5.78. The van der Waals surface area contributed by atoms with E-state index in [2.05, 4.69) is 30.6 Å². The predicted octanol–water partition coefficient (Wildman–Crippen LogP) is 2.70. The van der Waals surface area contributed by atoms with Crippen LogP contribution in [0, 0.1) is 26.7 Å². The fourth-order valence-electron chi connectivity index (χ4n) is 3.05. The van der Waals surface area contributed by atoms with Crippen LogP contribution >= 0.6 is 0 Å². The molecule has 160 valence electrons. The first-order valence-corrected chi connectivity index (χ1v) is 9.42. The lowest BCUT2D eigenvalue weighted by atomic mass is 10.1. The molecular weight excluding hydrogens is 403 g/mol. The Balaban J connectivity index is 1.90. The van der Waals surface area contributed by atoms with Gasteiger partial charge in [0.2, 0.25) is 5.95 Å². The summed E-state index contributed by atoms with van der Waals surface area (Å²) in [6.45, 7) is 5.38. The first-order valence-electron chi connectivity index (χ1n) is 9.42. The number of aromatic nitrogens is 4. The van der Waals surface area contributed by atoms with Crippen molar-refractivity contribution in [1.29, 1.82) is 0 Å². The van der Waals surface area contributed by atoms with Gasteiger partial charge in [0, 0.05) is 29.2 Å². The van der Waals surface area contributed by atoms with Gasteiger partial charge in [-0.1, -0.05) is 0 Å². The molecule has 0 aliphatic carbocycles. The maximum absolute atomic E-state index is 13.4. The quantitative estimate of drug-likeness (QED) is 0.519. The Hall–Kier alpha value is -3.95. The summed E-state index contributed by atoms with van der Waals surface area (Å²) in [6, 6.07) is 7.66. The average molecular weight is 424 g/mol. The van der Waals surface area contributed by atoms with E-state index < -0.39 is 17.9 Å². The third-order valence-corrected chi connectivity index (χ3v) is 4.32. The van der Waals surface area contributed by atoms with Gasteiger partial charge >= 0.3 is 6.09 Å². The lowest BCUT2D eigenvalue weighted by Crippen LogP contribution is -2.26. The molecular formula is C21H21FN6O3. The van der Waals surface area contributed by atoms with Crippen molar-refractivity contribution in [3.8, 4) is 11.3 Å². The number of nitrogens with one attached hydrogen (secondary N) is 2. The number of hydrogen-bond donors (Lipinski definition) is 3. The van der Waals surface area contributed by atoms with Crippen LogP contribution in [0.1, 0.15) is 39.0 Å². The number of rotatable bonds is 6. The molecule has 0 aliphatic rings. The van der Waals surface area contributed by atoms with Crippen molar-refractivity contribution in [3.05, 3.63) is 70.4 Å². The largest absolute Gasteiger partial charge is 0.465 e. The lowest BCUT2D eigenvalue weighted by molar-refractivity contribution is 0.0944. The summed E-state index contributed by atoms with van der Waals surface area (Å²) in [4.78, 5) is 40.4. The lowest BCUT2D eigenvalue weighted by Gasteiger charge is -2.11. The van der Waals surface area contributed by atoms with Crippen LogP contribution in [0.5, 0.6) is 0 Å². The van der Waals surface area contributed by atoms with E-state index in [4.69, 9.17) is 5.11 Å². The summed E-state index contributed by atoms with van der Waals surface area (Å²) < 4.78 is 13.4. The monoisotopic (exact) mass is 424 g/mol. The Labute approximate surface area is 177 Å². The second-order valence-corrected chi connectivity index (χ2v) is 6.92. The van der Waals surface area contributed by atoms with Crippen LogP contribution in [0.25, 0.3) is 11.3 Å². The molecule has 0 bridgehead atoms. The standard InChI is InChI=1S/C21H21FN6O3/c1-11-6-12(2)26-19(25-11)10-23-20(29)17-8-14(9-24-21(30)31)7-16(28-17)15-4-5-18(22)27-13(15)3/h4-8,24H,9-10H2,1-3H3,(H,23,29)(H,30,31). The molecule has 0 saturated heterocycles. The van der Waals surface area contributed by atoms with Gasteiger partial charge in [-0.15, -0.1) is 0 Å². The zero-order chi connectivity index (χ0) is 22.5. The van der Waals surface area contributed by atoms with Crippen LogP contribution in [0.3, 0.4) is 0 Å². The van der Waals surface area contributed by atoms with Crippen LogP contribution in [0.2, 0.25) is 0 Å². The first kappa shape index (κ1) is 21.8. The van der Waals surface area contributed by atoms with Gasteiger partial charge in [0.05, 0.1) is 12.2 Å². The van der Waals surface area contributed by atoms with Gasteiger partial charge in [-0.3, -0.25) is 4.79 Å². The van der Waals surface area contributed by atoms with E-state index in [1.165, 1.54) is 18.2 Å². The summed E-state index contributed by atoms with van der Waals surface area (Å²) in [5.41, 5.74) is 3.48. The molecule has 10 heteroatoms. The van der Waals surface area contributed by atoms with E-state index in [1.54, 1.807) is 13.0 Å². The Morgan fingerprint density at radius 3 is 2.29 bits per heavy atom. The number of halogens is 1. The van der Waals surface area contributed by atoms with Crippen LogP contribution < -0.4 is 10.6 Å². The van der Waals surface area contributed by atoms with Crippen molar-refractivity contribution in [2.24, 2.45) is 0 Å². The van der Waals surface area contributed by atoms with Crippen molar-refractivity contribution < 1.29 is 19.1 Å². The van der Waals surface area contributed by atoms with Crippen molar-refractivity contribution in [2.45, 2.75) is 33.9 Å². The Morgan fingerprint density at radius 2 is 1.65 bits per heavy atom. The van der Waals surface area contributed by atoms with E-state index in [0.29, 0.717) is 28.3 Å². The molecule has 9 nitrogen and oxygen atoms in total. The third-order valence-electron chi connectivity index (χ3n) is 4.32. The highest BCUT2D eigenvalue weighted by molar-refractivity contribution is 5.93. The molecule has 0 radical (unpaired) electrons. The van der Waals surface area contributed by atoms with Gasteiger partial charge in [0.1, 0.15) is 11.5 Å². The van der Waals surface area contributed by atoms with Crippen LogP contribution in [-0.4, -0.2) is 37.0 Å². The smallest absolute Gasteiger partial charge is 0.404 e. The Bertz CT molecular complexity index is 1130. The maximum Gasteiger partial charge on any atom is 0.404 e. The fourth-order valence-corrected chi connectivity index (χ4v) is 3.05. The van der Waals surface area contributed by atoms with E-state index in [0.717, 1.165) is 11.4 Å². The average Bonchev–Trinajstić information content (AvgIpc) is 2.69. The van der Waals surface area contributed by atoms with Gasteiger partial charge in [-0.2, -0.15) is 4.39 Å². The highest BCUT2D eigenvalue weighted by atomic mass is 19.1. The van der Waals surface area contributed by atoms with Crippen molar-refractivity contribution in [1.82, 2.24) is 30.6 Å². The number of amides is 2. The summed E-state index contributed by atoms with van der Waals surface area (Å²) >= 11 is 0. The normalized spacial score (nSPS) is 10.6. The minimum Gasteiger partial charge on any atom is -0.465 e. The second kappa shape index (κ2) is 9.24. The summed E-state index contributed by atoms with van der Waals surface area (Å²) in [5.74, 6) is -0.640. The molecule has 3 rings (SSSR count). The molecule has 3 aromatic rings. The van der Waals surface area contributed by atoms with Crippen molar-refractivity contribution in [3.63, 3.8) is 0 Å². The topological polar surface area (TPSA) is 130 Å². The van der Waals surface area contributed by atoms with Crippen LogP contribution in [0.15, 0.2) is 30.3 Å². The number of pyridine rings is 2. The van der Waals surface area contributed by atoms with Crippen molar-refractivity contribution in [2.75, 3.05) is 0 Å². The van der Waals surface area contributed by atoms with E-state index in [1.807, 2.05) is 19.9 Å². The van der Waals surface area contributed by atoms with Crippen LogP contribution in [-0.2, 0) is 13.1 Å². The summed E-state index contributed by atoms with van der Waals surface area (Å²) in [6.07, 6.45) is -1.20. The molecule has 2 amide bonds. The molecule has 3 heterocycles.